The SMILES string of the molecule is CC(Cn1cc(Br)cn1)/C(N)=N/O. The van der Waals surface area contributed by atoms with E-state index in [1.54, 1.807) is 10.9 Å². The first-order valence-electron chi connectivity index (χ1n) is 3.79. The average molecular weight is 247 g/mol. The van der Waals surface area contributed by atoms with Crippen LogP contribution in [0.3, 0.4) is 0 Å². The summed E-state index contributed by atoms with van der Waals surface area (Å²) in [5.41, 5.74) is 5.42. The summed E-state index contributed by atoms with van der Waals surface area (Å²) in [6, 6.07) is 0. The fourth-order valence-corrected chi connectivity index (χ4v) is 1.24. The van der Waals surface area contributed by atoms with Crippen LogP contribution in [0.5, 0.6) is 0 Å². The first kappa shape index (κ1) is 10.0. The molecule has 13 heavy (non-hydrogen) atoms. The third-order valence-corrected chi connectivity index (χ3v) is 2.09. The normalized spacial score (nSPS) is 14.5. The van der Waals surface area contributed by atoms with Gasteiger partial charge in [0, 0.05) is 12.1 Å². The van der Waals surface area contributed by atoms with Gasteiger partial charge in [0.2, 0.25) is 0 Å². The topological polar surface area (TPSA) is 76.4 Å². The van der Waals surface area contributed by atoms with Gasteiger partial charge in [0.15, 0.2) is 0 Å². The number of rotatable bonds is 3. The van der Waals surface area contributed by atoms with E-state index >= 15 is 0 Å². The molecule has 0 saturated carbocycles. The van der Waals surface area contributed by atoms with Crippen LogP contribution in [0.15, 0.2) is 22.0 Å². The molecule has 1 heterocycles. The number of aromatic nitrogens is 2. The van der Waals surface area contributed by atoms with E-state index < -0.39 is 0 Å². The molecule has 0 fully saturated rings. The predicted molar refractivity (Wildman–Crippen MR) is 52.5 cm³/mol. The fraction of sp³-hybridized carbons (Fsp3) is 0.429. The summed E-state index contributed by atoms with van der Waals surface area (Å²) >= 11 is 3.28. The molecule has 0 spiro atoms. The van der Waals surface area contributed by atoms with E-state index in [1.165, 1.54) is 0 Å². The van der Waals surface area contributed by atoms with E-state index in [2.05, 4.69) is 26.2 Å². The number of amidine groups is 1. The highest BCUT2D eigenvalue weighted by molar-refractivity contribution is 9.10. The van der Waals surface area contributed by atoms with Crippen LogP contribution < -0.4 is 5.73 Å². The summed E-state index contributed by atoms with van der Waals surface area (Å²) in [4.78, 5) is 0. The molecule has 0 amide bonds. The highest BCUT2D eigenvalue weighted by atomic mass is 79.9. The summed E-state index contributed by atoms with van der Waals surface area (Å²) in [5, 5.41) is 15.4. The van der Waals surface area contributed by atoms with Crippen LogP contribution in [0.4, 0.5) is 0 Å². The Kier molecular flexibility index (Phi) is 3.30. The van der Waals surface area contributed by atoms with Gasteiger partial charge in [-0.2, -0.15) is 5.10 Å². The number of halogens is 1. The molecule has 1 aromatic rings. The van der Waals surface area contributed by atoms with Crippen LogP contribution in [-0.4, -0.2) is 20.8 Å². The van der Waals surface area contributed by atoms with Crippen molar-refractivity contribution in [2.24, 2.45) is 16.8 Å². The number of nitrogens with zero attached hydrogens (tertiary/aromatic N) is 3. The molecule has 1 rings (SSSR count). The zero-order valence-corrected chi connectivity index (χ0v) is 8.77. The molecule has 5 nitrogen and oxygen atoms in total. The largest absolute Gasteiger partial charge is 0.409 e. The van der Waals surface area contributed by atoms with Gasteiger partial charge in [-0.05, 0) is 15.9 Å². The van der Waals surface area contributed by atoms with Crippen LogP contribution in [0.2, 0.25) is 0 Å². The molecule has 0 aliphatic carbocycles. The van der Waals surface area contributed by atoms with Gasteiger partial charge in [0.25, 0.3) is 0 Å². The maximum atomic E-state index is 8.41. The van der Waals surface area contributed by atoms with Gasteiger partial charge in [0.05, 0.1) is 17.2 Å². The lowest BCUT2D eigenvalue weighted by Crippen LogP contribution is -2.25. The smallest absolute Gasteiger partial charge is 0.143 e. The van der Waals surface area contributed by atoms with Crippen molar-refractivity contribution in [3.63, 3.8) is 0 Å². The number of nitrogens with two attached hydrogens (primary N) is 1. The molecule has 6 heteroatoms. The summed E-state index contributed by atoms with van der Waals surface area (Å²) in [6.45, 7) is 2.46. The maximum absolute atomic E-state index is 8.41. The highest BCUT2D eigenvalue weighted by Crippen LogP contribution is 2.08. The van der Waals surface area contributed by atoms with E-state index in [9.17, 15) is 0 Å². The van der Waals surface area contributed by atoms with Crippen molar-refractivity contribution >= 4 is 21.8 Å². The zero-order chi connectivity index (χ0) is 9.84. The van der Waals surface area contributed by atoms with Crippen molar-refractivity contribution in [2.45, 2.75) is 13.5 Å². The van der Waals surface area contributed by atoms with Crippen molar-refractivity contribution in [1.82, 2.24) is 9.78 Å². The molecule has 1 atom stereocenters. The van der Waals surface area contributed by atoms with Crippen LogP contribution in [0, 0.1) is 5.92 Å². The Morgan fingerprint density at radius 1 is 1.92 bits per heavy atom. The number of hydrogen-bond acceptors (Lipinski definition) is 3. The summed E-state index contributed by atoms with van der Waals surface area (Å²) in [7, 11) is 0. The lowest BCUT2D eigenvalue weighted by Gasteiger charge is -2.08. The molecule has 72 valence electrons. The van der Waals surface area contributed by atoms with Gasteiger partial charge in [-0.3, -0.25) is 4.68 Å². The van der Waals surface area contributed by atoms with E-state index in [4.69, 9.17) is 10.9 Å². The second kappa shape index (κ2) is 4.27. The second-order valence-electron chi connectivity index (χ2n) is 2.81. The molecule has 0 bridgehead atoms. The van der Waals surface area contributed by atoms with Crippen molar-refractivity contribution in [3.05, 3.63) is 16.9 Å². The quantitative estimate of drug-likeness (QED) is 0.362. The van der Waals surface area contributed by atoms with Crippen molar-refractivity contribution < 1.29 is 5.21 Å². The van der Waals surface area contributed by atoms with Crippen molar-refractivity contribution in [2.75, 3.05) is 0 Å². The van der Waals surface area contributed by atoms with Crippen molar-refractivity contribution in [3.8, 4) is 0 Å². The minimum Gasteiger partial charge on any atom is -0.409 e. The number of oxime groups is 1. The fourth-order valence-electron chi connectivity index (χ4n) is 0.911. The lowest BCUT2D eigenvalue weighted by molar-refractivity contribution is 0.313. The standard InChI is InChI=1S/C7H11BrN4O/c1-5(7(9)11-13)3-12-4-6(8)2-10-12/h2,4-5,13H,3H2,1H3,(H2,9,11). The number of hydrogen-bond donors (Lipinski definition) is 2. The molecule has 3 N–H and O–H groups in total. The summed E-state index contributed by atoms with van der Waals surface area (Å²) in [6.07, 6.45) is 3.53. The van der Waals surface area contributed by atoms with E-state index in [1.807, 2.05) is 13.1 Å². The Labute approximate surface area is 84.3 Å². The summed E-state index contributed by atoms with van der Waals surface area (Å²) < 4.78 is 2.64. The van der Waals surface area contributed by atoms with Crippen LogP contribution >= 0.6 is 15.9 Å². The molecule has 0 saturated heterocycles. The van der Waals surface area contributed by atoms with Crippen molar-refractivity contribution in [1.29, 1.82) is 0 Å². The minimum absolute atomic E-state index is 0.0307. The average Bonchev–Trinajstić information content (AvgIpc) is 2.49. The molecule has 1 aromatic heterocycles. The van der Waals surface area contributed by atoms with Gasteiger partial charge in [-0.1, -0.05) is 12.1 Å². The van der Waals surface area contributed by atoms with E-state index in [0.29, 0.717) is 6.54 Å². The van der Waals surface area contributed by atoms with Crippen LogP contribution in [0.25, 0.3) is 0 Å². The zero-order valence-electron chi connectivity index (χ0n) is 7.18. The Morgan fingerprint density at radius 3 is 3.08 bits per heavy atom. The Bertz CT molecular complexity index is 309. The van der Waals surface area contributed by atoms with Crippen LogP contribution in [-0.2, 0) is 6.54 Å². The molecular formula is C7H11BrN4O. The molecule has 0 aliphatic heterocycles. The first-order valence-corrected chi connectivity index (χ1v) is 4.58. The Balaban J connectivity index is 2.59. The predicted octanol–water partition coefficient (Wildman–Crippen LogP) is 1.03. The maximum Gasteiger partial charge on any atom is 0.143 e. The Morgan fingerprint density at radius 2 is 2.62 bits per heavy atom. The van der Waals surface area contributed by atoms with Gasteiger partial charge in [-0.15, -0.1) is 0 Å². The van der Waals surface area contributed by atoms with E-state index in [0.717, 1.165) is 4.47 Å². The van der Waals surface area contributed by atoms with Gasteiger partial charge < -0.3 is 10.9 Å². The summed E-state index contributed by atoms with van der Waals surface area (Å²) in [5.74, 6) is 0.184. The highest BCUT2D eigenvalue weighted by Gasteiger charge is 2.08. The minimum atomic E-state index is -0.0307. The molecule has 0 aromatic carbocycles. The first-order chi connectivity index (χ1) is 6.13. The molecule has 1 unspecified atom stereocenters. The van der Waals surface area contributed by atoms with Gasteiger partial charge in [-0.25, -0.2) is 0 Å². The Hall–Kier alpha value is -1.04. The van der Waals surface area contributed by atoms with Crippen LogP contribution in [0.1, 0.15) is 6.92 Å². The third kappa shape index (κ3) is 2.73. The third-order valence-electron chi connectivity index (χ3n) is 1.68. The van der Waals surface area contributed by atoms with E-state index in [-0.39, 0.29) is 11.8 Å². The molecule has 0 aliphatic rings. The molecular weight excluding hydrogens is 236 g/mol. The van der Waals surface area contributed by atoms with Gasteiger partial charge >= 0.3 is 0 Å². The second-order valence-corrected chi connectivity index (χ2v) is 3.72. The molecule has 0 radical (unpaired) electrons. The van der Waals surface area contributed by atoms with Gasteiger partial charge in [0.1, 0.15) is 5.84 Å². The monoisotopic (exact) mass is 246 g/mol. The lowest BCUT2D eigenvalue weighted by atomic mass is 10.1.